The summed E-state index contributed by atoms with van der Waals surface area (Å²) in [5, 5.41) is 2.99. The Morgan fingerprint density at radius 2 is 1.95 bits per heavy atom. The van der Waals surface area contributed by atoms with Crippen LogP contribution in [0, 0.1) is 0 Å². The predicted octanol–water partition coefficient (Wildman–Crippen LogP) is 2.49. The SMILES string of the molecule is CC1(c2ccc(C(=O)NC3CCCCC3)c(=O)[nH]2)CC1. The number of hydrogen-bond donors (Lipinski definition) is 2. The number of H-pyrrole nitrogens is 1. The Morgan fingerprint density at radius 3 is 2.55 bits per heavy atom. The zero-order valence-electron chi connectivity index (χ0n) is 12.0. The molecule has 0 saturated heterocycles. The summed E-state index contributed by atoms with van der Waals surface area (Å²) in [5.41, 5.74) is 1.06. The van der Waals surface area contributed by atoms with Crippen LogP contribution in [0.2, 0.25) is 0 Å². The standard InChI is InChI=1S/C16H22N2O2/c1-16(9-10-16)13-8-7-12(15(20)18-13)14(19)17-11-5-3-2-4-6-11/h7-8,11H,2-6,9-10H2,1H3,(H,17,19)(H,18,20). The topological polar surface area (TPSA) is 62.0 Å². The molecule has 0 bridgehead atoms. The first-order valence-electron chi connectivity index (χ1n) is 7.63. The quantitative estimate of drug-likeness (QED) is 0.889. The van der Waals surface area contributed by atoms with E-state index in [2.05, 4.69) is 17.2 Å². The molecule has 4 nitrogen and oxygen atoms in total. The minimum atomic E-state index is -0.260. The second-order valence-electron chi connectivity index (χ2n) is 6.48. The van der Waals surface area contributed by atoms with E-state index in [1.807, 2.05) is 6.07 Å². The Kier molecular flexibility index (Phi) is 3.40. The third-order valence-electron chi connectivity index (χ3n) is 4.74. The van der Waals surface area contributed by atoms with Crippen LogP contribution in [0.4, 0.5) is 0 Å². The molecule has 0 radical (unpaired) electrons. The highest BCUT2D eigenvalue weighted by atomic mass is 16.2. The molecule has 0 atom stereocenters. The highest BCUT2D eigenvalue weighted by molar-refractivity contribution is 5.94. The van der Waals surface area contributed by atoms with Gasteiger partial charge >= 0.3 is 0 Å². The molecule has 2 aliphatic rings. The normalized spacial score (nSPS) is 21.4. The fourth-order valence-corrected chi connectivity index (χ4v) is 2.97. The summed E-state index contributed by atoms with van der Waals surface area (Å²) in [6.07, 6.45) is 7.85. The molecule has 3 rings (SSSR count). The number of amides is 1. The summed E-state index contributed by atoms with van der Waals surface area (Å²) in [5.74, 6) is -0.231. The van der Waals surface area contributed by atoms with Crippen LogP contribution >= 0.6 is 0 Å². The maximum atomic E-state index is 12.2. The molecule has 2 aliphatic carbocycles. The molecule has 1 aromatic heterocycles. The molecular weight excluding hydrogens is 252 g/mol. The summed E-state index contributed by atoms with van der Waals surface area (Å²) in [7, 11) is 0. The lowest BCUT2D eigenvalue weighted by molar-refractivity contribution is 0.0926. The Morgan fingerprint density at radius 1 is 1.25 bits per heavy atom. The zero-order chi connectivity index (χ0) is 14.2. The van der Waals surface area contributed by atoms with Crippen LogP contribution in [0.3, 0.4) is 0 Å². The number of hydrogen-bond acceptors (Lipinski definition) is 2. The molecule has 4 heteroatoms. The van der Waals surface area contributed by atoms with E-state index in [1.165, 1.54) is 19.3 Å². The summed E-state index contributed by atoms with van der Waals surface area (Å²) in [6, 6.07) is 3.80. The largest absolute Gasteiger partial charge is 0.349 e. The fraction of sp³-hybridized carbons (Fsp3) is 0.625. The highest BCUT2D eigenvalue weighted by Crippen LogP contribution is 2.46. The number of aromatic amines is 1. The number of aromatic nitrogens is 1. The molecule has 0 unspecified atom stereocenters. The molecule has 1 aromatic rings. The number of carbonyl (C=O) groups excluding carboxylic acids is 1. The Balaban J connectivity index is 1.73. The summed E-state index contributed by atoms with van der Waals surface area (Å²) < 4.78 is 0. The number of nitrogens with one attached hydrogen (secondary N) is 2. The van der Waals surface area contributed by atoms with Crippen LogP contribution in [0.25, 0.3) is 0 Å². The van der Waals surface area contributed by atoms with Gasteiger partial charge in [-0.2, -0.15) is 0 Å². The van der Waals surface area contributed by atoms with Gasteiger partial charge in [-0.05, 0) is 37.8 Å². The van der Waals surface area contributed by atoms with Crippen molar-refractivity contribution in [2.75, 3.05) is 0 Å². The van der Waals surface area contributed by atoms with E-state index < -0.39 is 0 Å². The van der Waals surface area contributed by atoms with E-state index in [0.717, 1.165) is 31.4 Å². The molecular formula is C16H22N2O2. The molecule has 2 fully saturated rings. The van der Waals surface area contributed by atoms with Gasteiger partial charge in [0.15, 0.2) is 0 Å². The van der Waals surface area contributed by atoms with Crippen molar-refractivity contribution in [1.82, 2.24) is 10.3 Å². The predicted molar refractivity (Wildman–Crippen MR) is 78.0 cm³/mol. The number of rotatable bonds is 3. The van der Waals surface area contributed by atoms with Crippen molar-refractivity contribution in [2.24, 2.45) is 0 Å². The second-order valence-corrected chi connectivity index (χ2v) is 6.48. The summed E-state index contributed by atoms with van der Waals surface area (Å²) >= 11 is 0. The Hall–Kier alpha value is -1.58. The van der Waals surface area contributed by atoms with Crippen molar-refractivity contribution in [3.63, 3.8) is 0 Å². The first kappa shape index (κ1) is 13.4. The van der Waals surface area contributed by atoms with Gasteiger partial charge in [0.05, 0.1) is 0 Å². The van der Waals surface area contributed by atoms with Crippen molar-refractivity contribution in [3.05, 3.63) is 33.7 Å². The smallest absolute Gasteiger partial charge is 0.261 e. The highest BCUT2D eigenvalue weighted by Gasteiger charge is 2.40. The molecule has 1 heterocycles. The molecule has 20 heavy (non-hydrogen) atoms. The molecule has 108 valence electrons. The molecule has 2 N–H and O–H groups in total. The van der Waals surface area contributed by atoms with Gasteiger partial charge in [-0.3, -0.25) is 9.59 Å². The van der Waals surface area contributed by atoms with Crippen LogP contribution < -0.4 is 10.9 Å². The van der Waals surface area contributed by atoms with Crippen LogP contribution in [-0.4, -0.2) is 16.9 Å². The van der Waals surface area contributed by atoms with Gasteiger partial charge < -0.3 is 10.3 Å². The third-order valence-corrected chi connectivity index (χ3v) is 4.74. The zero-order valence-corrected chi connectivity index (χ0v) is 12.0. The van der Waals surface area contributed by atoms with Gasteiger partial charge in [0.1, 0.15) is 5.56 Å². The number of pyridine rings is 1. The molecule has 0 spiro atoms. The lowest BCUT2D eigenvalue weighted by atomic mass is 9.95. The van der Waals surface area contributed by atoms with Crippen LogP contribution in [-0.2, 0) is 5.41 Å². The first-order valence-corrected chi connectivity index (χ1v) is 7.63. The van der Waals surface area contributed by atoms with Gasteiger partial charge in [-0.25, -0.2) is 0 Å². The average Bonchev–Trinajstić information content (AvgIpc) is 3.19. The van der Waals surface area contributed by atoms with Crippen molar-refractivity contribution >= 4 is 5.91 Å². The monoisotopic (exact) mass is 274 g/mol. The van der Waals surface area contributed by atoms with E-state index in [0.29, 0.717) is 0 Å². The van der Waals surface area contributed by atoms with Gasteiger partial charge in [0.25, 0.3) is 11.5 Å². The molecule has 2 saturated carbocycles. The van der Waals surface area contributed by atoms with Crippen LogP contribution in [0.1, 0.15) is 67.9 Å². The van der Waals surface area contributed by atoms with Gasteiger partial charge in [-0.1, -0.05) is 26.2 Å². The average molecular weight is 274 g/mol. The minimum Gasteiger partial charge on any atom is -0.349 e. The lowest BCUT2D eigenvalue weighted by Gasteiger charge is -2.22. The Labute approximate surface area is 119 Å². The van der Waals surface area contributed by atoms with Gasteiger partial charge in [0, 0.05) is 17.2 Å². The fourth-order valence-electron chi connectivity index (χ4n) is 2.97. The van der Waals surface area contributed by atoms with Gasteiger partial charge in [-0.15, -0.1) is 0 Å². The Bertz CT molecular complexity index is 566. The van der Waals surface area contributed by atoms with E-state index >= 15 is 0 Å². The number of carbonyl (C=O) groups is 1. The van der Waals surface area contributed by atoms with E-state index in [4.69, 9.17) is 0 Å². The van der Waals surface area contributed by atoms with Crippen LogP contribution in [0.5, 0.6) is 0 Å². The first-order chi connectivity index (χ1) is 9.58. The van der Waals surface area contributed by atoms with E-state index in [1.54, 1.807) is 6.07 Å². The molecule has 0 aliphatic heterocycles. The molecule has 1 amide bonds. The van der Waals surface area contributed by atoms with Crippen molar-refractivity contribution in [3.8, 4) is 0 Å². The van der Waals surface area contributed by atoms with Crippen molar-refractivity contribution in [1.29, 1.82) is 0 Å². The van der Waals surface area contributed by atoms with Crippen molar-refractivity contribution < 1.29 is 4.79 Å². The summed E-state index contributed by atoms with van der Waals surface area (Å²) in [6.45, 7) is 2.14. The van der Waals surface area contributed by atoms with E-state index in [9.17, 15) is 9.59 Å². The second kappa shape index (κ2) is 5.08. The maximum Gasteiger partial charge on any atom is 0.261 e. The van der Waals surface area contributed by atoms with Crippen molar-refractivity contribution in [2.45, 2.75) is 63.3 Å². The summed E-state index contributed by atoms with van der Waals surface area (Å²) in [4.78, 5) is 27.1. The van der Waals surface area contributed by atoms with Crippen LogP contribution in [0.15, 0.2) is 16.9 Å². The minimum absolute atomic E-state index is 0.123. The van der Waals surface area contributed by atoms with Gasteiger partial charge in [0.2, 0.25) is 0 Å². The van der Waals surface area contributed by atoms with E-state index in [-0.39, 0.29) is 28.5 Å². The molecule has 0 aromatic carbocycles. The maximum absolute atomic E-state index is 12.2. The third kappa shape index (κ3) is 2.65. The lowest BCUT2D eigenvalue weighted by Crippen LogP contribution is -2.38.